The van der Waals surface area contributed by atoms with E-state index in [1.807, 2.05) is 0 Å². The molecule has 1 aliphatic rings. The molecule has 25 heavy (non-hydrogen) atoms. The summed E-state index contributed by atoms with van der Waals surface area (Å²) in [6.07, 6.45) is 0.510. The van der Waals surface area contributed by atoms with Crippen molar-refractivity contribution in [3.05, 3.63) is 65.0 Å². The van der Waals surface area contributed by atoms with Crippen molar-refractivity contribution in [3.63, 3.8) is 0 Å². The van der Waals surface area contributed by atoms with Gasteiger partial charge in [0.25, 0.3) is 0 Å². The first-order valence-corrected chi connectivity index (χ1v) is 9.27. The average molecular weight is 363 g/mol. The van der Waals surface area contributed by atoms with Gasteiger partial charge >= 0.3 is 5.97 Å². The first-order chi connectivity index (χ1) is 11.8. The second-order valence-corrected chi connectivity index (χ2v) is 7.79. The second-order valence-electron chi connectivity index (χ2n) is 5.90. The highest BCUT2D eigenvalue weighted by Gasteiger charge is 2.34. The first-order valence-electron chi connectivity index (χ1n) is 7.83. The third-order valence-electron chi connectivity index (χ3n) is 4.45. The van der Waals surface area contributed by atoms with E-state index in [1.165, 1.54) is 47.8 Å². The number of halogens is 1. The Kier molecular flexibility index (Phi) is 4.62. The Balaban J connectivity index is 2.00. The van der Waals surface area contributed by atoms with Gasteiger partial charge in [0.15, 0.2) is 0 Å². The summed E-state index contributed by atoms with van der Waals surface area (Å²) in [7, 11) is -2.59. The van der Waals surface area contributed by atoms with Crippen molar-refractivity contribution in [2.75, 3.05) is 13.7 Å². The zero-order chi connectivity index (χ0) is 18.2. The Labute approximate surface area is 146 Å². The molecule has 0 saturated carbocycles. The largest absolute Gasteiger partial charge is 0.465 e. The number of ether oxygens (including phenoxy) is 1. The van der Waals surface area contributed by atoms with Crippen LogP contribution in [0, 0.1) is 5.82 Å². The average Bonchev–Trinajstić information content (AvgIpc) is 2.61. The molecular formula is C18H18FNO4S. The fraction of sp³-hybridized carbons (Fsp3) is 0.278. The maximum absolute atomic E-state index is 13.6. The molecule has 5 nitrogen and oxygen atoms in total. The van der Waals surface area contributed by atoms with Gasteiger partial charge in [0, 0.05) is 12.6 Å². The number of rotatable bonds is 3. The van der Waals surface area contributed by atoms with Gasteiger partial charge < -0.3 is 4.74 Å². The molecule has 0 saturated heterocycles. The Morgan fingerprint density at radius 1 is 1.24 bits per heavy atom. The van der Waals surface area contributed by atoms with E-state index in [9.17, 15) is 17.6 Å². The van der Waals surface area contributed by atoms with Crippen LogP contribution in [0.1, 0.15) is 34.5 Å². The monoisotopic (exact) mass is 363 g/mol. The molecule has 0 radical (unpaired) electrons. The molecule has 0 bridgehead atoms. The maximum atomic E-state index is 13.6. The number of esters is 1. The third-order valence-corrected chi connectivity index (χ3v) is 6.42. The third kappa shape index (κ3) is 3.17. The molecule has 1 heterocycles. The van der Waals surface area contributed by atoms with Crippen molar-refractivity contribution in [1.29, 1.82) is 0 Å². The van der Waals surface area contributed by atoms with Crippen molar-refractivity contribution in [1.82, 2.24) is 4.31 Å². The van der Waals surface area contributed by atoms with Crippen LogP contribution in [0.15, 0.2) is 47.4 Å². The summed E-state index contributed by atoms with van der Waals surface area (Å²) in [6, 6.07) is 9.71. The number of nitrogens with zero attached hydrogens (tertiary/aromatic N) is 1. The van der Waals surface area contributed by atoms with Gasteiger partial charge in [-0.3, -0.25) is 0 Å². The first kappa shape index (κ1) is 17.6. The SMILES string of the molecule is COC(=O)c1cccc(S(=O)(=O)N2CCc3ccc(F)cc3C2C)c1. The molecule has 2 aromatic rings. The number of carbonyl (C=O) groups excluding carboxylic acids is 1. The van der Waals surface area contributed by atoms with Crippen LogP contribution in [0.4, 0.5) is 4.39 Å². The van der Waals surface area contributed by atoms with Crippen LogP contribution >= 0.6 is 0 Å². The Morgan fingerprint density at radius 2 is 2.00 bits per heavy atom. The molecule has 0 aromatic heterocycles. The molecule has 2 aromatic carbocycles. The van der Waals surface area contributed by atoms with Gasteiger partial charge in [-0.25, -0.2) is 17.6 Å². The van der Waals surface area contributed by atoms with Gasteiger partial charge in [0.2, 0.25) is 10.0 Å². The number of fused-ring (bicyclic) bond motifs is 1. The molecule has 0 N–H and O–H groups in total. The highest BCUT2D eigenvalue weighted by atomic mass is 32.2. The molecule has 1 unspecified atom stereocenters. The molecule has 1 atom stereocenters. The van der Waals surface area contributed by atoms with Crippen LogP contribution in [0.3, 0.4) is 0 Å². The zero-order valence-corrected chi connectivity index (χ0v) is 14.7. The van der Waals surface area contributed by atoms with Crippen molar-refractivity contribution in [2.45, 2.75) is 24.3 Å². The molecule has 0 aliphatic carbocycles. The number of sulfonamides is 1. The van der Waals surface area contributed by atoms with Crippen molar-refractivity contribution in [3.8, 4) is 0 Å². The summed E-state index contributed by atoms with van der Waals surface area (Å²) in [5.74, 6) is -0.992. The van der Waals surface area contributed by atoms with E-state index in [-0.39, 0.29) is 10.5 Å². The molecule has 0 amide bonds. The molecule has 132 valence electrons. The predicted molar refractivity (Wildman–Crippen MR) is 90.2 cm³/mol. The predicted octanol–water partition coefficient (Wildman–Crippen LogP) is 2.92. The van der Waals surface area contributed by atoms with Gasteiger partial charge in [-0.1, -0.05) is 12.1 Å². The van der Waals surface area contributed by atoms with Crippen LogP contribution in [0.5, 0.6) is 0 Å². The van der Waals surface area contributed by atoms with Gasteiger partial charge in [-0.15, -0.1) is 0 Å². The molecule has 0 spiro atoms. The number of benzene rings is 2. The number of carbonyl (C=O) groups is 1. The Hall–Kier alpha value is -2.25. The van der Waals surface area contributed by atoms with E-state index in [2.05, 4.69) is 4.74 Å². The van der Waals surface area contributed by atoms with E-state index in [4.69, 9.17) is 0 Å². The zero-order valence-electron chi connectivity index (χ0n) is 13.9. The van der Waals surface area contributed by atoms with Crippen LogP contribution < -0.4 is 0 Å². The van der Waals surface area contributed by atoms with Crippen molar-refractivity contribution >= 4 is 16.0 Å². The lowest BCUT2D eigenvalue weighted by Crippen LogP contribution is -2.38. The van der Waals surface area contributed by atoms with E-state index in [0.717, 1.165) is 5.56 Å². The van der Waals surface area contributed by atoms with E-state index in [0.29, 0.717) is 18.5 Å². The summed E-state index contributed by atoms with van der Waals surface area (Å²) in [4.78, 5) is 11.7. The lowest BCUT2D eigenvalue weighted by molar-refractivity contribution is 0.0600. The van der Waals surface area contributed by atoms with Crippen molar-refractivity contribution < 1.29 is 22.3 Å². The molecular weight excluding hydrogens is 345 g/mol. The maximum Gasteiger partial charge on any atom is 0.337 e. The number of hydrogen-bond donors (Lipinski definition) is 0. The minimum absolute atomic E-state index is 0.0158. The highest BCUT2D eigenvalue weighted by molar-refractivity contribution is 7.89. The van der Waals surface area contributed by atoms with Crippen LogP contribution in [0.2, 0.25) is 0 Å². The lowest BCUT2D eigenvalue weighted by atomic mass is 9.95. The van der Waals surface area contributed by atoms with Gasteiger partial charge in [0.1, 0.15) is 5.82 Å². The smallest absolute Gasteiger partial charge is 0.337 e. The fourth-order valence-corrected chi connectivity index (χ4v) is 4.79. The van der Waals surface area contributed by atoms with E-state index < -0.39 is 27.9 Å². The highest BCUT2D eigenvalue weighted by Crippen LogP contribution is 2.34. The number of hydrogen-bond acceptors (Lipinski definition) is 4. The standard InChI is InChI=1S/C18H18FNO4S/c1-12-17-11-15(19)7-6-13(17)8-9-20(12)25(22,23)16-5-3-4-14(10-16)18(21)24-2/h3-7,10-12H,8-9H2,1-2H3. The summed E-state index contributed by atoms with van der Waals surface area (Å²) >= 11 is 0. The van der Waals surface area contributed by atoms with Gasteiger partial charge in [-0.2, -0.15) is 4.31 Å². The topological polar surface area (TPSA) is 63.7 Å². The van der Waals surface area contributed by atoms with E-state index >= 15 is 0 Å². The Bertz CT molecular complexity index is 926. The van der Waals surface area contributed by atoms with Crippen LogP contribution in [0.25, 0.3) is 0 Å². The molecule has 1 aliphatic heterocycles. The van der Waals surface area contributed by atoms with Crippen molar-refractivity contribution in [2.24, 2.45) is 0 Å². The fourth-order valence-electron chi connectivity index (χ4n) is 3.13. The lowest BCUT2D eigenvalue weighted by Gasteiger charge is -2.34. The van der Waals surface area contributed by atoms with Gasteiger partial charge in [0.05, 0.1) is 17.6 Å². The summed E-state index contributed by atoms with van der Waals surface area (Å²) < 4.78 is 45.6. The normalized spacial score (nSPS) is 17.8. The summed E-state index contributed by atoms with van der Waals surface area (Å²) in [5, 5.41) is 0. The summed E-state index contributed by atoms with van der Waals surface area (Å²) in [6.45, 7) is 2.03. The minimum Gasteiger partial charge on any atom is -0.465 e. The summed E-state index contributed by atoms with van der Waals surface area (Å²) in [5.41, 5.74) is 1.78. The Morgan fingerprint density at radius 3 is 2.72 bits per heavy atom. The number of methoxy groups -OCH3 is 1. The quantitative estimate of drug-likeness (QED) is 0.787. The minimum atomic E-state index is -3.83. The van der Waals surface area contributed by atoms with Crippen LogP contribution in [-0.2, 0) is 21.2 Å². The molecule has 0 fully saturated rings. The van der Waals surface area contributed by atoms with E-state index in [1.54, 1.807) is 13.0 Å². The van der Waals surface area contributed by atoms with Crippen LogP contribution in [-0.4, -0.2) is 32.3 Å². The second kappa shape index (κ2) is 6.57. The van der Waals surface area contributed by atoms with Gasteiger partial charge in [-0.05, 0) is 54.8 Å². The molecule has 3 rings (SSSR count). The molecule has 7 heteroatoms.